The van der Waals surface area contributed by atoms with E-state index in [0.717, 1.165) is 22.0 Å². The molecule has 0 aliphatic heterocycles. The van der Waals surface area contributed by atoms with Gasteiger partial charge in [0.15, 0.2) is 5.65 Å². The Kier molecular flexibility index (Phi) is 3.20. The lowest BCUT2D eigenvalue weighted by molar-refractivity contribution is 0.0492. The molecule has 5 nitrogen and oxygen atoms in total. The second-order valence-corrected chi connectivity index (χ2v) is 7.76. The van der Waals surface area contributed by atoms with Crippen molar-refractivity contribution in [3.63, 3.8) is 0 Å². The van der Waals surface area contributed by atoms with Crippen molar-refractivity contribution in [1.29, 1.82) is 0 Å². The number of aliphatic hydroxyl groups excluding tert-OH is 1. The van der Waals surface area contributed by atoms with Crippen LogP contribution in [0.25, 0.3) is 32.5 Å². The predicted octanol–water partition coefficient (Wildman–Crippen LogP) is 3.93. The molecule has 0 aromatic carbocycles. The standard InChI is InChI=1S/C18H14F2N4OS/c1-24-8-11-4-10(7-21-16(11)23-24)13-3-2-9-5-14(26-17(9)22-13)15(25)12-6-18(12,19)20/h2-5,7-8,12,15,25H,6H2,1H3/t12-,15+/m0/s1. The van der Waals surface area contributed by atoms with Gasteiger partial charge in [-0.05, 0) is 24.3 Å². The zero-order valence-electron chi connectivity index (χ0n) is 13.7. The maximum Gasteiger partial charge on any atom is 0.254 e. The Hall–Kier alpha value is -2.45. The zero-order chi connectivity index (χ0) is 18.1. The molecule has 8 heteroatoms. The Bertz CT molecular complexity index is 1150. The van der Waals surface area contributed by atoms with E-state index in [1.807, 2.05) is 31.4 Å². The number of thiophene rings is 1. The SMILES string of the molecule is Cn1cc2cc(-c3ccc4cc([C@H](O)[C@@H]5CC5(F)F)sc4n3)cnc2n1. The van der Waals surface area contributed by atoms with E-state index in [9.17, 15) is 13.9 Å². The molecule has 1 aliphatic rings. The number of aryl methyl sites for hydroxylation is 1. The van der Waals surface area contributed by atoms with Gasteiger partial charge in [0.1, 0.15) is 4.83 Å². The van der Waals surface area contributed by atoms with Gasteiger partial charge in [-0.25, -0.2) is 18.7 Å². The van der Waals surface area contributed by atoms with Crippen LogP contribution in [0.3, 0.4) is 0 Å². The molecule has 132 valence electrons. The van der Waals surface area contributed by atoms with Crippen LogP contribution in [-0.4, -0.2) is 30.8 Å². The summed E-state index contributed by atoms with van der Waals surface area (Å²) in [4.78, 5) is 10.2. The van der Waals surface area contributed by atoms with Crippen LogP contribution in [-0.2, 0) is 7.05 Å². The van der Waals surface area contributed by atoms with Crippen molar-refractivity contribution in [3.8, 4) is 11.3 Å². The lowest BCUT2D eigenvalue weighted by Crippen LogP contribution is -2.04. The summed E-state index contributed by atoms with van der Waals surface area (Å²) >= 11 is 1.26. The average molecular weight is 372 g/mol. The Labute approximate surface area is 150 Å². The summed E-state index contributed by atoms with van der Waals surface area (Å²) < 4.78 is 28.1. The normalized spacial score (nSPS) is 19.9. The van der Waals surface area contributed by atoms with Crippen LogP contribution >= 0.6 is 11.3 Å². The van der Waals surface area contributed by atoms with Crippen molar-refractivity contribution in [1.82, 2.24) is 19.7 Å². The number of nitrogens with zero attached hydrogens (tertiary/aromatic N) is 4. The van der Waals surface area contributed by atoms with E-state index in [1.54, 1.807) is 16.9 Å². The molecule has 0 unspecified atom stereocenters. The third-order valence-electron chi connectivity index (χ3n) is 4.72. The van der Waals surface area contributed by atoms with Crippen LogP contribution in [0.2, 0.25) is 0 Å². The van der Waals surface area contributed by atoms with Gasteiger partial charge < -0.3 is 5.11 Å². The van der Waals surface area contributed by atoms with Gasteiger partial charge in [-0.15, -0.1) is 11.3 Å². The molecular formula is C18H14F2N4OS. The number of aliphatic hydroxyl groups is 1. The van der Waals surface area contributed by atoms with Crippen LogP contribution in [0.4, 0.5) is 8.78 Å². The van der Waals surface area contributed by atoms with Gasteiger partial charge in [-0.3, -0.25) is 4.68 Å². The van der Waals surface area contributed by atoms with E-state index < -0.39 is 17.9 Å². The number of pyridine rings is 2. The Balaban J connectivity index is 1.52. The molecule has 1 fully saturated rings. The molecule has 0 bridgehead atoms. The van der Waals surface area contributed by atoms with Gasteiger partial charge in [0.25, 0.3) is 5.92 Å². The molecule has 0 spiro atoms. The van der Waals surface area contributed by atoms with E-state index in [0.29, 0.717) is 15.4 Å². The minimum Gasteiger partial charge on any atom is -0.387 e. The van der Waals surface area contributed by atoms with Crippen molar-refractivity contribution in [3.05, 3.63) is 41.5 Å². The van der Waals surface area contributed by atoms with E-state index in [2.05, 4.69) is 15.1 Å². The van der Waals surface area contributed by atoms with Gasteiger partial charge in [-0.2, -0.15) is 5.10 Å². The molecule has 4 aromatic rings. The van der Waals surface area contributed by atoms with Crippen LogP contribution in [0.15, 0.2) is 36.7 Å². The van der Waals surface area contributed by atoms with E-state index in [-0.39, 0.29) is 6.42 Å². The fraction of sp³-hybridized carbons (Fsp3) is 0.278. The molecule has 4 heterocycles. The summed E-state index contributed by atoms with van der Waals surface area (Å²) in [7, 11) is 1.84. The summed E-state index contributed by atoms with van der Waals surface area (Å²) in [6, 6.07) is 7.48. The summed E-state index contributed by atoms with van der Waals surface area (Å²) in [6.45, 7) is 0. The van der Waals surface area contributed by atoms with E-state index in [4.69, 9.17) is 0 Å². The molecule has 2 atom stereocenters. The number of hydrogen-bond acceptors (Lipinski definition) is 5. The van der Waals surface area contributed by atoms with Crippen molar-refractivity contribution >= 4 is 32.6 Å². The molecule has 5 rings (SSSR count). The first-order valence-corrected chi connectivity index (χ1v) is 8.98. The van der Waals surface area contributed by atoms with E-state index in [1.165, 1.54) is 11.3 Å². The number of alkyl halides is 2. The van der Waals surface area contributed by atoms with Crippen molar-refractivity contribution in [2.75, 3.05) is 0 Å². The third-order valence-corrected chi connectivity index (χ3v) is 5.83. The second-order valence-electron chi connectivity index (χ2n) is 6.70. The van der Waals surface area contributed by atoms with Crippen LogP contribution in [0.5, 0.6) is 0 Å². The Morgan fingerprint density at radius 3 is 2.88 bits per heavy atom. The largest absolute Gasteiger partial charge is 0.387 e. The van der Waals surface area contributed by atoms with Gasteiger partial charge in [0, 0.05) is 47.1 Å². The summed E-state index contributed by atoms with van der Waals surface area (Å²) in [5, 5.41) is 16.2. The lowest BCUT2D eigenvalue weighted by atomic mass is 10.1. The van der Waals surface area contributed by atoms with E-state index >= 15 is 0 Å². The summed E-state index contributed by atoms with van der Waals surface area (Å²) in [5.41, 5.74) is 2.27. The number of halogens is 2. The van der Waals surface area contributed by atoms with Gasteiger partial charge >= 0.3 is 0 Å². The first kappa shape index (κ1) is 15.8. The maximum atomic E-state index is 13.2. The molecule has 26 heavy (non-hydrogen) atoms. The monoisotopic (exact) mass is 372 g/mol. The molecule has 0 amide bonds. The van der Waals surface area contributed by atoms with Gasteiger partial charge in [-0.1, -0.05) is 0 Å². The van der Waals surface area contributed by atoms with Crippen molar-refractivity contribution < 1.29 is 13.9 Å². The third kappa shape index (κ3) is 2.48. The fourth-order valence-electron chi connectivity index (χ4n) is 3.19. The molecule has 0 saturated heterocycles. The topological polar surface area (TPSA) is 63.8 Å². The van der Waals surface area contributed by atoms with Crippen LogP contribution in [0, 0.1) is 5.92 Å². The minimum absolute atomic E-state index is 0.252. The Morgan fingerprint density at radius 1 is 1.31 bits per heavy atom. The average Bonchev–Trinajstić information content (AvgIpc) is 2.97. The summed E-state index contributed by atoms with van der Waals surface area (Å²) in [6.07, 6.45) is 2.22. The molecule has 4 aromatic heterocycles. The second kappa shape index (κ2) is 5.28. The Morgan fingerprint density at radius 2 is 2.12 bits per heavy atom. The lowest BCUT2D eigenvalue weighted by Gasteiger charge is -2.05. The first-order valence-electron chi connectivity index (χ1n) is 8.17. The molecular weight excluding hydrogens is 358 g/mol. The number of rotatable bonds is 3. The highest BCUT2D eigenvalue weighted by Crippen LogP contribution is 2.56. The highest BCUT2D eigenvalue weighted by Gasteiger charge is 2.60. The molecule has 1 saturated carbocycles. The van der Waals surface area contributed by atoms with Crippen molar-refractivity contribution in [2.24, 2.45) is 13.0 Å². The maximum absolute atomic E-state index is 13.2. The van der Waals surface area contributed by atoms with Crippen molar-refractivity contribution in [2.45, 2.75) is 18.4 Å². The highest BCUT2D eigenvalue weighted by molar-refractivity contribution is 7.18. The number of fused-ring (bicyclic) bond motifs is 2. The number of aromatic nitrogens is 4. The van der Waals surface area contributed by atoms with Gasteiger partial charge in [0.2, 0.25) is 0 Å². The zero-order valence-corrected chi connectivity index (χ0v) is 14.5. The number of hydrogen-bond donors (Lipinski definition) is 1. The first-order chi connectivity index (χ1) is 12.4. The highest BCUT2D eigenvalue weighted by atomic mass is 32.1. The quantitative estimate of drug-likeness (QED) is 0.592. The molecule has 1 N–H and O–H groups in total. The van der Waals surface area contributed by atoms with Crippen LogP contribution in [0.1, 0.15) is 17.4 Å². The molecule has 0 radical (unpaired) electrons. The van der Waals surface area contributed by atoms with Crippen LogP contribution < -0.4 is 0 Å². The summed E-state index contributed by atoms with van der Waals surface area (Å²) in [5.74, 6) is -3.73. The smallest absolute Gasteiger partial charge is 0.254 e. The predicted molar refractivity (Wildman–Crippen MR) is 95.1 cm³/mol. The minimum atomic E-state index is -2.75. The molecule has 1 aliphatic carbocycles. The van der Waals surface area contributed by atoms with Gasteiger partial charge in [0.05, 0.1) is 17.7 Å². The fourth-order valence-corrected chi connectivity index (χ4v) is 4.27.